The van der Waals surface area contributed by atoms with Gasteiger partial charge >= 0.3 is 0 Å². The zero-order chi connectivity index (χ0) is 31.4. The monoisotopic (exact) mass is 634 g/mol. The standard InChI is InChI=1S/C31H32ClFN8O4/c1-39-24(12-16-2-3-16)20(13-35-39)27-21(32)14-34-31(38-27)36-18-6-8-40(9-7-18)15-17-10-19-26(22(33)11-17)30(45)41(29(19)44)23-4-5-25(42)37-28(23)43/h10-11,13-14,16,18,23H,2-9,12,15H2,1H3,(H,34,36,38)(H,37,42,43). The average molecular weight is 635 g/mol. The first kappa shape index (κ1) is 29.5. The second-order valence-corrected chi connectivity index (χ2v) is 12.7. The number of nitrogens with zero attached hydrogens (tertiary/aromatic N) is 6. The first-order chi connectivity index (χ1) is 21.7. The van der Waals surface area contributed by atoms with Crippen molar-refractivity contribution in [3.05, 3.63) is 57.8 Å². The summed E-state index contributed by atoms with van der Waals surface area (Å²) in [5, 5.41) is 10.5. The number of benzene rings is 1. The van der Waals surface area contributed by atoms with Crippen LogP contribution in [0.1, 0.15) is 70.5 Å². The van der Waals surface area contributed by atoms with Gasteiger partial charge in [0.1, 0.15) is 11.9 Å². The molecular formula is C31H32ClFN8O4. The van der Waals surface area contributed by atoms with Crippen LogP contribution in [0.4, 0.5) is 10.3 Å². The van der Waals surface area contributed by atoms with Crippen LogP contribution in [0.15, 0.2) is 24.5 Å². The molecule has 0 spiro atoms. The maximum atomic E-state index is 15.2. The molecule has 0 radical (unpaired) electrons. The predicted octanol–water partition coefficient (Wildman–Crippen LogP) is 3.10. The summed E-state index contributed by atoms with van der Waals surface area (Å²) in [4.78, 5) is 62.2. The van der Waals surface area contributed by atoms with Gasteiger partial charge in [-0.2, -0.15) is 5.10 Å². The van der Waals surface area contributed by atoms with E-state index in [2.05, 4.69) is 25.6 Å². The summed E-state index contributed by atoms with van der Waals surface area (Å²) in [6, 6.07) is 1.79. The molecule has 12 nitrogen and oxygen atoms in total. The quantitative estimate of drug-likeness (QED) is 0.357. The van der Waals surface area contributed by atoms with Gasteiger partial charge in [0, 0.05) is 50.4 Å². The lowest BCUT2D eigenvalue weighted by atomic mass is 10.0. The second-order valence-electron chi connectivity index (χ2n) is 12.3. The van der Waals surface area contributed by atoms with Crippen molar-refractivity contribution in [1.82, 2.24) is 34.9 Å². The number of piperidine rings is 2. The van der Waals surface area contributed by atoms with Crippen LogP contribution in [0.25, 0.3) is 11.3 Å². The van der Waals surface area contributed by atoms with Crippen LogP contribution in [0.5, 0.6) is 0 Å². The van der Waals surface area contributed by atoms with Crippen LogP contribution < -0.4 is 10.6 Å². The highest BCUT2D eigenvalue weighted by Gasteiger charge is 2.46. The highest BCUT2D eigenvalue weighted by atomic mass is 35.5. The molecule has 234 valence electrons. The van der Waals surface area contributed by atoms with Gasteiger partial charge in [-0.1, -0.05) is 11.6 Å². The van der Waals surface area contributed by atoms with Crippen LogP contribution >= 0.6 is 11.6 Å². The lowest BCUT2D eigenvalue weighted by molar-refractivity contribution is -0.136. The summed E-state index contributed by atoms with van der Waals surface area (Å²) < 4.78 is 17.1. The van der Waals surface area contributed by atoms with Gasteiger partial charge in [-0.3, -0.25) is 39.0 Å². The molecule has 2 aromatic heterocycles. The van der Waals surface area contributed by atoms with E-state index in [1.54, 1.807) is 6.20 Å². The Bertz CT molecular complexity index is 1730. The van der Waals surface area contributed by atoms with Crippen LogP contribution in [-0.2, 0) is 29.6 Å². The molecule has 14 heteroatoms. The molecule has 2 saturated heterocycles. The third-order valence-corrected chi connectivity index (χ3v) is 9.40. The van der Waals surface area contributed by atoms with Gasteiger partial charge in [-0.15, -0.1) is 0 Å². The van der Waals surface area contributed by atoms with E-state index in [0.717, 1.165) is 35.4 Å². The SMILES string of the molecule is Cn1ncc(-c2nc(NC3CCN(Cc4cc(F)c5c(c4)C(=O)N(C4CCC(=O)NC4=O)C5=O)CC3)ncc2Cl)c1CC1CC1. The minimum absolute atomic E-state index is 0.000516. The van der Waals surface area contributed by atoms with Crippen LogP contribution in [0.2, 0.25) is 5.02 Å². The number of rotatable bonds is 8. The normalized spacial score (nSPS) is 21.0. The van der Waals surface area contributed by atoms with Crippen LogP contribution in [0, 0.1) is 11.7 Å². The van der Waals surface area contributed by atoms with Crippen molar-refractivity contribution in [2.45, 2.75) is 63.6 Å². The Labute approximate surface area is 263 Å². The van der Waals surface area contributed by atoms with Gasteiger partial charge in [-0.05, 0) is 62.1 Å². The second kappa shape index (κ2) is 11.6. The fourth-order valence-electron chi connectivity index (χ4n) is 6.49. The van der Waals surface area contributed by atoms with Crippen molar-refractivity contribution in [2.24, 2.45) is 13.0 Å². The van der Waals surface area contributed by atoms with Crippen molar-refractivity contribution >= 4 is 41.2 Å². The Kier molecular flexibility index (Phi) is 7.60. The molecule has 45 heavy (non-hydrogen) atoms. The zero-order valence-electron chi connectivity index (χ0n) is 24.7. The Hall–Kier alpha value is -4.23. The number of fused-ring (bicyclic) bond motifs is 1. The number of nitrogens with one attached hydrogen (secondary N) is 2. The summed E-state index contributed by atoms with van der Waals surface area (Å²) in [6.45, 7) is 1.81. The lowest BCUT2D eigenvalue weighted by Crippen LogP contribution is -2.54. The van der Waals surface area contributed by atoms with Crippen LogP contribution in [-0.4, -0.2) is 78.4 Å². The average Bonchev–Trinajstić information content (AvgIpc) is 3.71. The molecule has 1 aliphatic carbocycles. The third kappa shape index (κ3) is 5.70. The van der Waals surface area contributed by atoms with Gasteiger partial charge in [0.25, 0.3) is 11.8 Å². The smallest absolute Gasteiger partial charge is 0.265 e. The molecule has 2 N–H and O–H groups in total. The maximum absolute atomic E-state index is 15.2. The molecule has 3 aromatic rings. The number of likely N-dealkylation sites (tertiary alicyclic amines) is 1. The van der Waals surface area contributed by atoms with Crippen molar-refractivity contribution in [2.75, 3.05) is 18.4 Å². The van der Waals surface area contributed by atoms with E-state index in [4.69, 9.17) is 16.6 Å². The fraction of sp³-hybridized carbons (Fsp3) is 0.452. The molecular weight excluding hydrogens is 603 g/mol. The van der Waals surface area contributed by atoms with Gasteiger partial charge in [-0.25, -0.2) is 14.4 Å². The number of aryl methyl sites for hydroxylation is 1. The Morgan fingerprint density at radius 1 is 1.02 bits per heavy atom. The first-order valence-electron chi connectivity index (χ1n) is 15.2. The summed E-state index contributed by atoms with van der Waals surface area (Å²) in [5.41, 5.74) is 2.89. The van der Waals surface area contributed by atoms with E-state index in [1.165, 1.54) is 25.0 Å². The maximum Gasteiger partial charge on any atom is 0.265 e. The number of imide groups is 2. The summed E-state index contributed by atoms with van der Waals surface area (Å²) in [5.74, 6) is -2.37. The molecule has 5 heterocycles. The number of carbonyl (C=O) groups is 4. The molecule has 1 atom stereocenters. The predicted molar refractivity (Wildman–Crippen MR) is 161 cm³/mol. The van der Waals surface area contributed by atoms with E-state index < -0.39 is 35.5 Å². The van der Waals surface area contributed by atoms with Gasteiger partial charge in [0.05, 0.1) is 34.2 Å². The molecule has 1 aromatic carbocycles. The largest absolute Gasteiger partial charge is 0.351 e. The lowest BCUT2D eigenvalue weighted by Gasteiger charge is -2.32. The number of carbonyl (C=O) groups excluding carboxylic acids is 4. The summed E-state index contributed by atoms with van der Waals surface area (Å²) >= 11 is 6.53. The number of hydrogen-bond acceptors (Lipinski definition) is 9. The van der Waals surface area contributed by atoms with Gasteiger partial charge in [0.15, 0.2) is 0 Å². The van der Waals surface area contributed by atoms with Crippen molar-refractivity contribution in [3.8, 4) is 11.3 Å². The molecule has 3 aliphatic heterocycles. The summed E-state index contributed by atoms with van der Waals surface area (Å²) in [7, 11) is 1.94. The molecule has 3 fully saturated rings. The van der Waals surface area contributed by atoms with E-state index >= 15 is 4.39 Å². The van der Waals surface area contributed by atoms with Gasteiger partial charge < -0.3 is 5.32 Å². The van der Waals surface area contributed by atoms with E-state index in [9.17, 15) is 19.2 Å². The van der Waals surface area contributed by atoms with E-state index in [1.807, 2.05) is 17.9 Å². The van der Waals surface area contributed by atoms with E-state index in [-0.39, 0.29) is 30.0 Å². The van der Waals surface area contributed by atoms with E-state index in [0.29, 0.717) is 47.8 Å². The zero-order valence-corrected chi connectivity index (χ0v) is 25.4. The molecule has 1 unspecified atom stereocenters. The molecule has 4 aliphatic rings. The van der Waals surface area contributed by atoms with Gasteiger partial charge in [0.2, 0.25) is 17.8 Å². The number of amides is 4. The number of hydrogen-bond donors (Lipinski definition) is 2. The van der Waals surface area contributed by atoms with Crippen molar-refractivity contribution in [3.63, 3.8) is 0 Å². The molecule has 4 amide bonds. The third-order valence-electron chi connectivity index (χ3n) is 9.12. The Morgan fingerprint density at radius 3 is 2.53 bits per heavy atom. The first-order valence-corrected chi connectivity index (χ1v) is 15.6. The summed E-state index contributed by atoms with van der Waals surface area (Å²) in [6.07, 6.45) is 8.43. The number of anilines is 1. The minimum atomic E-state index is -1.14. The van der Waals surface area contributed by atoms with Crippen LogP contribution in [0.3, 0.4) is 0 Å². The topological polar surface area (TPSA) is 142 Å². The molecule has 1 saturated carbocycles. The van der Waals surface area contributed by atoms with Crippen molar-refractivity contribution < 1.29 is 23.6 Å². The Balaban J connectivity index is 0.991. The number of halogens is 2. The number of aromatic nitrogens is 4. The highest BCUT2D eigenvalue weighted by molar-refractivity contribution is 6.33. The Morgan fingerprint density at radius 2 is 1.80 bits per heavy atom. The fourth-order valence-corrected chi connectivity index (χ4v) is 6.69. The van der Waals surface area contributed by atoms with Crippen molar-refractivity contribution in [1.29, 1.82) is 0 Å². The minimum Gasteiger partial charge on any atom is -0.351 e. The highest BCUT2D eigenvalue weighted by Crippen LogP contribution is 2.37. The molecule has 7 rings (SSSR count). The molecule has 0 bridgehead atoms.